The highest BCUT2D eigenvalue weighted by Crippen LogP contribution is 2.39. The van der Waals surface area contributed by atoms with Gasteiger partial charge in [0, 0.05) is 42.7 Å². The van der Waals surface area contributed by atoms with Crippen molar-refractivity contribution in [2.75, 3.05) is 0 Å². The molecule has 3 aromatic heterocycles. The molecule has 1 aliphatic rings. The van der Waals surface area contributed by atoms with Gasteiger partial charge in [0.1, 0.15) is 17.3 Å². The van der Waals surface area contributed by atoms with E-state index in [-0.39, 0.29) is 5.82 Å². The zero-order chi connectivity index (χ0) is 17.8. The highest BCUT2D eigenvalue weighted by molar-refractivity contribution is 6.33. The quantitative estimate of drug-likeness (QED) is 0.505. The number of benzene rings is 1. The number of hydrogen-bond acceptors (Lipinski definition) is 2. The van der Waals surface area contributed by atoms with E-state index in [1.54, 1.807) is 19.2 Å². The van der Waals surface area contributed by atoms with Crippen LogP contribution in [0, 0.1) is 12.7 Å². The lowest BCUT2D eigenvalue weighted by Crippen LogP contribution is -1.98. The lowest BCUT2D eigenvalue weighted by Gasteiger charge is -2.11. The van der Waals surface area contributed by atoms with E-state index in [1.807, 2.05) is 16.7 Å². The first-order chi connectivity index (χ1) is 12.6. The van der Waals surface area contributed by atoms with Gasteiger partial charge < -0.3 is 8.97 Å². The van der Waals surface area contributed by atoms with E-state index >= 15 is 0 Å². The van der Waals surface area contributed by atoms with Crippen LogP contribution in [0.3, 0.4) is 0 Å². The van der Waals surface area contributed by atoms with Crippen LogP contribution in [0.2, 0.25) is 5.02 Å². The minimum Gasteiger partial charge on any atom is -0.327 e. The van der Waals surface area contributed by atoms with E-state index in [9.17, 15) is 4.39 Å². The van der Waals surface area contributed by atoms with Crippen molar-refractivity contribution >= 4 is 17.2 Å². The minimum absolute atomic E-state index is 0.299. The highest BCUT2D eigenvalue weighted by Gasteiger charge is 2.25. The van der Waals surface area contributed by atoms with Gasteiger partial charge in [-0.15, -0.1) is 0 Å². The molecule has 4 heterocycles. The molecule has 0 saturated carbocycles. The molecule has 0 spiro atoms. The molecular formula is C20H16ClFN4. The van der Waals surface area contributed by atoms with Crippen LogP contribution in [0.4, 0.5) is 4.39 Å². The van der Waals surface area contributed by atoms with E-state index in [4.69, 9.17) is 16.6 Å². The Labute approximate surface area is 154 Å². The third kappa shape index (κ3) is 2.27. The minimum atomic E-state index is -0.299. The molecule has 0 amide bonds. The first-order valence-electron chi connectivity index (χ1n) is 8.60. The Morgan fingerprint density at radius 2 is 2.12 bits per heavy atom. The standard InChI is InChI=1S/C20H16ClFN4/c1-12-9-14(15(21)10-16(12)22)19-20(26-7-2-3-18(26)24-19)13-4-5-17-23-6-8-25(17)11-13/h4-6,8-11H,2-3,7H2,1H3. The molecule has 0 atom stereocenters. The summed E-state index contributed by atoms with van der Waals surface area (Å²) in [6, 6.07) is 7.21. The Kier molecular flexibility index (Phi) is 3.40. The Morgan fingerprint density at radius 1 is 1.23 bits per heavy atom. The number of aromatic nitrogens is 4. The Balaban J connectivity index is 1.78. The van der Waals surface area contributed by atoms with Gasteiger partial charge >= 0.3 is 0 Å². The fourth-order valence-electron chi connectivity index (χ4n) is 3.71. The summed E-state index contributed by atoms with van der Waals surface area (Å²) in [7, 11) is 0. The van der Waals surface area contributed by atoms with Crippen molar-refractivity contribution in [3.8, 4) is 22.5 Å². The van der Waals surface area contributed by atoms with Crippen molar-refractivity contribution in [3.05, 3.63) is 65.1 Å². The van der Waals surface area contributed by atoms with Crippen LogP contribution in [0.25, 0.3) is 28.2 Å². The second-order valence-corrected chi connectivity index (χ2v) is 7.08. The summed E-state index contributed by atoms with van der Waals surface area (Å²) in [4.78, 5) is 9.18. The van der Waals surface area contributed by atoms with E-state index < -0.39 is 0 Å². The van der Waals surface area contributed by atoms with Crippen molar-refractivity contribution in [3.63, 3.8) is 0 Å². The fraction of sp³-hybridized carbons (Fsp3) is 0.200. The number of aryl methyl sites for hydroxylation is 2. The molecule has 1 aromatic carbocycles. The van der Waals surface area contributed by atoms with Crippen molar-refractivity contribution in [1.82, 2.24) is 18.9 Å². The summed E-state index contributed by atoms with van der Waals surface area (Å²) in [5.41, 5.74) is 5.12. The number of pyridine rings is 1. The van der Waals surface area contributed by atoms with Gasteiger partial charge in [-0.2, -0.15) is 0 Å². The fourth-order valence-corrected chi connectivity index (χ4v) is 3.95. The third-order valence-corrected chi connectivity index (χ3v) is 5.31. The van der Waals surface area contributed by atoms with E-state index in [2.05, 4.69) is 21.8 Å². The molecule has 5 rings (SSSR count). The van der Waals surface area contributed by atoms with Crippen molar-refractivity contribution < 1.29 is 4.39 Å². The van der Waals surface area contributed by atoms with Crippen LogP contribution in [-0.4, -0.2) is 18.9 Å². The van der Waals surface area contributed by atoms with Gasteiger partial charge in [0.2, 0.25) is 0 Å². The molecule has 0 radical (unpaired) electrons. The average molecular weight is 367 g/mol. The predicted octanol–water partition coefficient (Wildman–Crippen LogP) is 4.91. The molecule has 130 valence electrons. The molecule has 4 aromatic rings. The van der Waals surface area contributed by atoms with Gasteiger partial charge in [0.25, 0.3) is 0 Å². The molecule has 0 unspecified atom stereocenters. The number of halogens is 2. The van der Waals surface area contributed by atoms with Gasteiger partial charge in [0.15, 0.2) is 0 Å². The first kappa shape index (κ1) is 15.6. The summed E-state index contributed by atoms with van der Waals surface area (Å²) >= 11 is 6.39. The van der Waals surface area contributed by atoms with Gasteiger partial charge in [0.05, 0.1) is 16.4 Å². The van der Waals surface area contributed by atoms with Crippen molar-refractivity contribution in [1.29, 1.82) is 0 Å². The second kappa shape index (κ2) is 5.68. The van der Waals surface area contributed by atoms with Crippen LogP contribution in [0.5, 0.6) is 0 Å². The summed E-state index contributed by atoms with van der Waals surface area (Å²) < 4.78 is 18.1. The zero-order valence-electron chi connectivity index (χ0n) is 14.2. The normalized spacial score (nSPS) is 13.5. The SMILES string of the molecule is Cc1cc(-c2nc3n(c2-c2ccc4nccn4c2)CCC3)c(Cl)cc1F. The lowest BCUT2D eigenvalue weighted by molar-refractivity contribution is 0.619. The average Bonchev–Trinajstić information content (AvgIpc) is 3.32. The Bertz CT molecular complexity index is 1160. The summed E-state index contributed by atoms with van der Waals surface area (Å²) in [6.45, 7) is 2.67. The largest absolute Gasteiger partial charge is 0.327 e. The van der Waals surface area contributed by atoms with Crippen molar-refractivity contribution in [2.24, 2.45) is 0 Å². The lowest BCUT2D eigenvalue weighted by atomic mass is 10.0. The van der Waals surface area contributed by atoms with Crippen LogP contribution in [-0.2, 0) is 13.0 Å². The summed E-state index contributed by atoms with van der Waals surface area (Å²) in [5, 5.41) is 0.384. The second-order valence-electron chi connectivity index (χ2n) is 6.67. The summed E-state index contributed by atoms with van der Waals surface area (Å²) in [6.07, 6.45) is 7.78. The van der Waals surface area contributed by atoms with Gasteiger partial charge in [-0.05, 0) is 43.2 Å². The Morgan fingerprint density at radius 3 is 3.00 bits per heavy atom. The predicted molar refractivity (Wildman–Crippen MR) is 99.9 cm³/mol. The highest BCUT2D eigenvalue weighted by atomic mass is 35.5. The molecular weight excluding hydrogens is 351 g/mol. The molecule has 6 heteroatoms. The van der Waals surface area contributed by atoms with Gasteiger partial charge in [-0.25, -0.2) is 14.4 Å². The molecule has 0 aliphatic carbocycles. The van der Waals surface area contributed by atoms with Crippen LogP contribution in [0.15, 0.2) is 42.9 Å². The zero-order valence-corrected chi connectivity index (χ0v) is 15.0. The number of nitrogens with zero attached hydrogens (tertiary/aromatic N) is 4. The Hall–Kier alpha value is -2.66. The van der Waals surface area contributed by atoms with Crippen LogP contribution < -0.4 is 0 Å². The molecule has 1 aliphatic heterocycles. The maximum absolute atomic E-state index is 13.9. The third-order valence-electron chi connectivity index (χ3n) is 4.99. The monoisotopic (exact) mass is 366 g/mol. The molecule has 0 bridgehead atoms. The molecule has 26 heavy (non-hydrogen) atoms. The van der Waals surface area contributed by atoms with Gasteiger partial charge in [-0.3, -0.25) is 0 Å². The molecule has 0 fully saturated rings. The van der Waals surface area contributed by atoms with Crippen molar-refractivity contribution in [2.45, 2.75) is 26.3 Å². The van der Waals surface area contributed by atoms with Crippen LogP contribution in [0.1, 0.15) is 17.8 Å². The number of rotatable bonds is 2. The number of imidazole rings is 2. The smallest absolute Gasteiger partial charge is 0.136 e. The van der Waals surface area contributed by atoms with E-state index in [0.717, 1.165) is 53.4 Å². The maximum Gasteiger partial charge on any atom is 0.136 e. The summed E-state index contributed by atoms with van der Waals surface area (Å²) in [5.74, 6) is 0.755. The maximum atomic E-state index is 13.9. The molecule has 0 N–H and O–H groups in total. The van der Waals surface area contributed by atoms with E-state index in [1.165, 1.54) is 6.07 Å². The first-order valence-corrected chi connectivity index (χ1v) is 8.98. The van der Waals surface area contributed by atoms with Crippen LogP contribution >= 0.6 is 11.6 Å². The molecule has 0 saturated heterocycles. The van der Waals surface area contributed by atoms with E-state index in [0.29, 0.717) is 10.6 Å². The number of hydrogen-bond donors (Lipinski definition) is 0. The number of fused-ring (bicyclic) bond motifs is 2. The molecule has 4 nitrogen and oxygen atoms in total. The topological polar surface area (TPSA) is 35.1 Å². The van der Waals surface area contributed by atoms with Gasteiger partial charge in [-0.1, -0.05) is 11.6 Å².